The smallest absolute Gasteiger partial charge is 0.323 e. The van der Waals surface area contributed by atoms with Gasteiger partial charge in [0.1, 0.15) is 29.8 Å². The second kappa shape index (κ2) is 11.9. The quantitative estimate of drug-likeness (QED) is 0.227. The van der Waals surface area contributed by atoms with E-state index in [9.17, 15) is 27.8 Å². The zero-order valence-electron chi connectivity index (χ0n) is 22.2. The van der Waals surface area contributed by atoms with Gasteiger partial charge in [0, 0.05) is 29.0 Å². The molecule has 0 aliphatic rings. The first kappa shape index (κ1) is 30.6. The van der Waals surface area contributed by atoms with Gasteiger partial charge >= 0.3 is 5.92 Å². The number of nitrogens with zero attached hydrogens (tertiary/aromatic N) is 6. The molecule has 2 atom stereocenters. The van der Waals surface area contributed by atoms with Crippen LogP contribution < -0.4 is 0 Å². The number of tetrazole rings is 1. The van der Waals surface area contributed by atoms with E-state index in [0.29, 0.717) is 17.7 Å². The van der Waals surface area contributed by atoms with Crippen molar-refractivity contribution in [1.29, 1.82) is 0 Å². The fraction of sp³-hybridized carbons (Fsp3) is 0.286. The first-order chi connectivity index (χ1) is 19.7. The summed E-state index contributed by atoms with van der Waals surface area (Å²) in [6.45, 7) is -1.64. The third-order valence-corrected chi connectivity index (χ3v) is 6.27. The van der Waals surface area contributed by atoms with Crippen LogP contribution in [0.1, 0.15) is 34.1 Å². The minimum absolute atomic E-state index is 0.00703. The Morgan fingerprint density at radius 2 is 1.62 bits per heavy atom. The molecule has 8 nitrogen and oxygen atoms in total. The van der Waals surface area contributed by atoms with Crippen molar-refractivity contribution in [2.24, 2.45) is 0 Å². The number of aliphatic hydroxyl groups excluding tert-OH is 1. The summed E-state index contributed by atoms with van der Waals surface area (Å²) in [5.74, 6) is -4.61. The SMILES string of the molecule is CN(C)CC(F)(F)C(O)c1ccc(C#Cc2ccc(C(F)(F)C(O)(Cn3cnnn3)c3ccc(F)cc3F)nc2)cc1. The average molecular weight is 591 g/mol. The van der Waals surface area contributed by atoms with E-state index in [1.807, 2.05) is 0 Å². The van der Waals surface area contributed by atoms with E-state index in [0.717, 1.165) is 29.3 Å². The van der Waals surface area contributed by atoms with E-state index in [4.69, 9.17) is 0 Å². The molecule has 2 N–H and O–H groups in total. The molecule has 0 saturated heterocycles. The largest absolute Gasteiger partial charge is 0.382 e. The number of hydrogen-bond acceptors (Lipinski definition) is 7. The Morgan fingerprint density at radius 1 is 0.952 bits per heavy atom. The van der Waals surface area contributed by atoms with Crippen LogP contribution in [0.3, 0.4) is 0 Å². The molecule has 0 radical (unpaired) electrons. The molecule has 0 aliphatic carbocycles. The van der Waals surface area contributed by atoms with E-state index in [1.54, 1.807) is 0 Å². The van der Waals surface area contributed by atoms with Gasteiger partial charge < -0.3 is 15.1 Å². The normalized spacial score (nSPS) is 14.3. The van der Waals surface area contributed by atoms with E-state index < -0.39 is 59.5 Å². The van der Waals surface area contributed by atoms with E-state index >= 15 is 8.78 Å². The molecule has 0 aliphatic heterocycles. The molecule has 0 saturated carbocycles. The first-order valence-corrected chi connectivity index (χ1v) is 12.3. The van der Waals surface area contributed by atoms with Gasteiger partial charge in [-0.2, -0.15) is 8.78 Å². The number of aromatic nitrogens is 5. The molecule has 0 spiro atoms. The Bertz CT molecular complexity index is 1570. The monoisotopic (exact) mass is 590 g/mol. The molecule has 220 valence electrons. The molecule has 2 heterocycles. The summed E-state index contributed by atoms with van der Waals surface area (Å²) in [6.07, 6.45) is -0.0746. The fourth-order valence-electron chi connectivity index (χ4n) is 4.18. The summed E-state index contributed by atoms with van der Waals surface area (Å²) in [5, 5.41) is 31.4. The second-order valence-corrected chi connectivity index (χ2v) is 9.77. The molecule has 4 aromatic rings. The van der Waals surface area contributed by atoms with Gasteiger partial charge in [-0.1, -0.05) is 24.0 Å². The topological polar surface area (TPSA) is 100 Å². The molecule has 0 bridgehead atoms. The molecule has 2 aromatic carbocycles. The van der Waals surface area contributed by atoms with Crippen LogP contribution in [-0.4, -0.2) is 66.9 Å². The number of aliphatic hydroxyl groups is 2. The van der Waals surface area contributed by atoms with Crippen molar-refractivity contribution >= 4 is 0 Å². The highest BCUT2D eigenvalue weighted by molar-refractivity contribution is 5.43. The Morgan fingerprint density at radius 3 is 2.19 bits per heavy atom. The van der Waals surface area contributed by atoms with Gasteiger partial charge in [0.15, 0.2) is 5.60 Å². The average Bonchev–Trinajstić information content (AvgIpc) is 3.44. The van der Waals surface area contributed by atoms with E-state index in [1.165, 1.54) is 49.3 Å². The predicted molar refractivity (Wildman–Crippen MR) is 137 cm³/mol. The van der Waals surface area contributed by atoms with Gasteiger partial charge in [0.05, 0.1) is 13.1 Å². The number of alkyl halides is 4. The lowest BCUT2D eigenvalue weighted by atomic mass is 9.84. The van der Waals surface area contributed by atoms with Gasteiger partial charge in [-0.05, 0) is 66.5 Å². The van der Waals surface area contributed by atoms with Crippen LogP contribution in [0.15, 0.2) is 67.1 Å². The van der Waals surface area contributed by atoms with Gasteiger partial charge in [-0.15, -0.1) is 5.10 Å². The lowest BCUT2D eigenvalue weighted by Crippen LogP contribution is -2.48. The summed E-state index contributed by atoms with van der Waals surface area (Å²) < 4.78 is 89.0. The van der Waals surface area contributed by atoms with Crippen LogP contribution in [0.4, 0.5) is 26.3 Å². The molecule has 2 aromatic heterocycles. The Kier molecular flexibility index (Phi) is 8.67. The van der Waals surface area contributed by atoms with Crippen molar-refractivity contribution in [3.05, 3.63) is 107 Å². The Balaban J connectivity index is 1.58. The summed E-state index contributed by atoms with van der Waals surface area (Å²) >= 11 is 0. The van der Waals surface area contributed by atoms with E-state index in [-0.39, 0.29) is 11.1 Å². The highest BCUT2D eigenvalue weighted by Crippen LogP contribution is 2.46. The van der Waals surface area contributed by atoms with Crippen molar-refractivity contribution in [2.45, 2.75) is 30.1 Å². The van der Waals surface area contributed by atoms with Crippen molar-refractivity contribution < 1.29 is 36.6 Å². The lowest BCUT2D eigenvalue weighted by molar-refractivity contribution is -0.207. The highest BCUT2D eigenvalue weighted by atomic mass is 19.3. The summed E-state index contributed by atoms with van der Waals surface area (Å²) in [6, 6.07) is 9.34. The maximum Gasteiger partial charge on any atom is 0.323 e. The van der Waals surface area contributed by atoms with Crippen LogP contribution in [0.2, 0.25) is 0 Å². The zero-order valence-corrected chi connectivity index (χ0v) is 22.2. The summed E-state index contributed by atoms with van der Waals surface area (Å²) in [4.78, 5) is 4.99. The van der Waals surface area contributed by atoms with Crippen LogP contribution >= 0.6 is 0 Å². The molecular formula is C28H24F6N6O2. The maximum atomic E-state index is 15.8. The van der Waals surface area contributed by atoms with Gasteiger partial charge in [-0.3, -0.25) is 4.98 Å². The number of rotatable bonds is 9. The maximum absolute atomic E-state index is 15.8. The fourth-order valence-corrected chi connectivity index (χ4v) is 4.18. The minimum atomic E-state index is -4.23. The lowest BCUT2D eigenvalue weighted by Gasteiger charge is -2.35. The van der Waals surface area contributed by atoms with Gasteiger partial charge in [-0.25, -0.2) is 22.2 Å². The Labute approximate surface area is 236 Å². The van der Waals surface area contributed by atoms with Crippen molar-refractivity contribution in [2.75, 3.05) is 20.6 Å². The number of hydrogen-bond donors (Lipinski definition) is 2. The highest BCUT2D eigenvalue weighted by Gasteiger charge is 2.58. The van der Waals surface area contributed by atoms with Crippen molar-refractivity contribution in [1.82, 2.24) is 30.1 Å². The van der Waals surface area contributed by atoms with Crippen molar-refractivity contribution in [3.63, 3.8) is 0 Å². The standard InChI is InChI=1S/C28H24F6N6O2/c1-39(2)16-27(31,32)25(41)20-8-5-18(6-9-20)3-4-19-7-12-24(35-14-19)28(33,34)26(42,15-40-17-36-37-38-40)22-11-10-21(29)13-23(22)30/h5-14,17,25,41-42H,15-16H2,1-2H3. The van der Waals surface area contributed by atoms with Crippen molar-refractivity contribution in [3.8, 4) is 11.8 Å². The van der Waals surface area contributed by atoms with Gasteiger partial charge in [0.2, 0.25) is 0 Å². The van der Waals surface area contributed by atoms with Gasteiger partial charge in [0.25, 0.3) is 5.92 Å². The van der Waals surface area contributed by atoms with Crippen LogP contribution in [0, 0.1) is 23.5 Å². The molecule has 0 fully saturated rings. The molecule has 4 rings (SSSR count). The van der Waals surface area contributed by atoms with Crippen LogP contribution in [0.5, 0.6) is 0 Å². The van der Waals surface area contributed by atoms with Crippen LogP contribution in [0.25, 0.3) is 0 Å². The number of halogens is 6. The first-order valence-electron chi connectivity index (χ1n) is 12.3. The number of pyridine rings is 1. The molecule has 0 amide bonds. The molecule has 42 heavy (non-hydrogen) atoms. The molecular weight excluding hydrogens is 566 g/mol. The molecule has 2 unspecified atom stereocenters. The third kappa shape index (κ3) is 6.43. The van der Waals surface area contributed by atoms with E-state index in [2.05, 4.69) is 32.4 Å². The zero-order chi connectivity index (χ0) is 30.7. The third-order valence-electron chi connectivity index (χ3n) is 6.27. The number of benzene rings is 2. The molecule has 14 heteroatoms. The summed E-state index contributed by atoms with van der Waals surface area (Å²) in [7, 11) is 2.92. The van der Waals surface area contributed by atoms with Crippen LogP contribution in [-0.2, 0) is 18.1 Å². The minimum Gasteiger partial charge on any atom is -0.382 e. The summed E-state index contributed by atoms with van der Waals surface area (Å²) in [5.41, 5.74) is -4.55. The Hall–Kier alpha value is -4.32. The predicted octanol–water partition coefficient (Wildman–Crippen LogP) is 3.66. The second-order valence-electron chi connectivity index (χ2n) is 9.77.